The zero-order valence-electron chi connectivity index (χ0n) is 14.0. The molecule has 1 atom stereocenters. The summed E-state index contributed by atoms with van der Waals surface area (Å²) in [5.41, 5.74) is 0.747. The van der Waals surface area contributed by atoms with E-state index in [4.69, 9.17) is 18.6 Å². The molecule has 25 heavy (non-hydrogen) atoms. The molecule has 0 fully saturated rings. The van der Waals surface area contributed by atoms with Crippen molar-refractivity contribution >= 4 is 27.8 Å². The van der Waals surface area contributed by atoms with Crippen molar-refractivity contribution < 1.29 is 28.2 Å². The minimum absolute atomic E-state index is 0.0159. The predicted octanol–water partition coefficient (Wildman–Crippen LogP) is 3.09. The summed E-state index contributed by atoms with van der Waals surface area (Å²) in [6.07, 6.45) is 0. The van der Waals surface area contributed by atoms with Gasteiger partial charge in [-0.05, 0) is 53.2 Å². The van der Waals surface area contributed by atoms with Crippen LogP contribution < -0.4 is 14.8 Å². The number of hydrogen-bond donors (Lipinski definition) is 1. The maximum Gasteiger partial charge on any atom is 0.374 e. The van der Waals surface area contributed by atoms with Crippen LogP contribution in [0.4, 0.5) is 0 Å². The first kappa shape index (κ1) is 18.9. The van der Waals surface area contributed by atoms with E-state index in [2.05, 4.69) is 21.2 Å². The lowest BCUT2D eigenvalue weighted by Gasteiger charge is -2.18. The quantitative estimate of drug-likeness (QED) is 0.704. The van der Waals surface area contributed by atoms with E-state index in [-0.39, 0.29) is 11.8 Å². The van der Waals surface area contributed by atoms with Crippen molar-refractivity contribution in [1.29, 1.82) is 0 Å². The van der Waals surface area contributed by atoms with Crippen molar-refractivity contribution in [2.45, 2.75) is 13.0 Å². The largest absolute Gasteiger partial charge is 0.497 e. The van der Waals surface area contributed by atoms with Crippen LogP contribution >= 0.6 is 15.9 Å². The Hall–Kier alpha value is -2.48. The smallest absolute Gasteiger partial charge is 0.374 e. The van der Waals surface area contributed by atoms with Gasteiger partial charge in [-0.2, -0.15) is 0 Å². The van der Waals surface area contributed by atoms with E-state index in [0.29, 0.717) is 16.2 Å². The second kappa shape index (κ2) is 8.57. The van der Waals surface area contributed by atoms with Crippen molar-refractivity contribution in [2.24, 2.45) is 0 Å². The normalized spacial score (nSPS) is 11.5. The molecule has 2 aromatic rings. The van der Waals surface area contributed by atoms with Gasteiger partial charge in [-0.25, -0.2) is 4.79 Å². The molecule has 1 aromatic carbocycles. The molecule has 0 saturated heterocycles. The number of methoxy groups -OCH3 is 2. The molecular formula is C17H18BrNO6. The second-order valence-electron chi connectivity index (χ2n) is 5.08. The molecule has 0 radical (unpaired) electrons. The summed E-state index contributed by atoms with van der Waals surface area (Å²) in [6, 6.07) is 7.94. The summed E-state index contributed by atoms with van der Waals surface area (Å²) in [5, 5.41) is 2.74. The van der Waals surface area contributed by atoms with Gasteiger partial charge >= 0.3 is 5.97 Å². The van der Waals surface area contributed by atoms with Gasteiger partial charge in [0, 0.05) is 5.56 Å². The number of hydrogen-bond acceptors (Lipinski definition) is 6. The lowest BCUT2D eigenvalue weighted by molar-refractivity contribution is -0.124. The van der Waals surface area contributed by atoms with Crippen LogP contribution in [0.3, 0.4) is 0 Å². The summed E-state index contributed by atoms with van der Waals surface area (Å²) < 4.78 is 20.9. The van der Waals surface area contributed by atoms with Gasteiger partial charge < -0.3 is 23.9 Å². The Balaban J connectivity index is 1.95. The summed E-state index contributed by atoms with van der Waals surface area (Å²) in [5.74, 6) is 0.115. The highest BCUT2D eigenvalue weighted by atomic mass is 79.9. The summed E-state index contributed by atoms with van der Waals surface area (Å²) in [7, 11) is 3.10. The van der Waals surface area contributed by atoms with E-state index < -0.39 is 18.5 Å². The van der Waals surface area contributed by atoms with Crippen molar-refractivity contribution in [3.8, 4) is 11.5 Å². The first-order chi connectivity index (χ1) is 11.9. The molecule has 2 rings (SSSR count). The third-order valence-corrected chi connectivity index (χ3v) is 3.82. The third-order valence-electron chi connectivity index (χ3n) is 3.39. The van der Waals surface area contributed by atoms with Crippen molar-refractivity contribution in [3.05, 3.63) is 46.3 Å². The molecule has 1 amide bonds. The average molecular weight is 412 g/mol. The number of carbonyl (C=O) groups excluding carboxylic acids is 2. The van der Waals surface area contributed by atoms with Crippen molar-refractivity contribution in [3.63, 3.8) is 0 Å². The van der Waals surface area contributed by atoms with Crippen LogP contribution in [0.15, 0.2) is 39.4 Å². The molecule has 0 aliphatic heterocycles. The average Bonchev–Trinajstić information content (AvgIpc) is 3.05. The fraction of sp³-hybridized carbons (Fsp3) is 0.294. The van der Waals surface area contributed by atoms with Gasteiger partial charge in [-0.15, -0.1) is 0 Å². The molecule has 8 heteroatoms. The topological polar surface area (TPSA) is 87.0 Å². The number of rotatable bonds is 7. The molecule has 0 spiro atoms. The van der Waals surface area contributed by atoms with Gasteiger partial charge in [0.05, 0.1) is 20.3 Å². The van der Waals surface area contributed by atoms with Crippen molar-refractivity contribution in [2.75, 3.05) is 20.8 Å². The highest BCUT2D eigenvalue weighted by molar-refractivity contribution is 9.10. The van der Waals surface area contributed by atoms with Gasteiger partial charge in [-0.3, -0.25) is 4.79 Å². The number of nitrogens with one attached hydrogen (secondary N) is 1. The second-order valence-corrected chi connectivity index (χ2v) is 5.86. The third kappa shape index (κ3) is 4.99. The zero-order chi connectivity index (χ0) is 18.4. The van der Waals surface area contributed by atoms with Crippen LogP contribution in [-0.4, -0.2) is 32.7 Å². The lowest BCUT2D eigenvalue weighted by atomic mass is 10.1. The van der Waals surface area contributed by atoms with E-state index in [1.165, 1.54) is 6.07 Å². The van der Waals surface area contributed by atoms with Gasteiger partial charge in [0.1, 0.15) is 11.5 Å². The van der Waals surface area contributed by atoms with Crippen LogP contribution in [0.25, 0.3) is 0 Å². The van der Waals surface area contributed by atoms with E-state index in [1.807, 2.05) is 0 Å². The molecule has 0 aliphatic rings. The number of amides is 1. The highest BCUT2D eigenvalue weighted by Crippen LogP contribution is 2.29. The molecule has 0 bridgehead atoms. The van der Waals surface area contributed by atoms with Crippen LogP contribution in [0, 0.1) is 0 Å². The van der Waals surface area contributed by atoms with Gasteiger partial charge in [-0.1, -0.05) is 0 Å². The Morgan fingerprint density at radius 1 is 1.20 bits per heavy atom. The Labute approximate surface area is 153 Å². The molecule has 1 aromatic heterocycles. The summed E-state index contributed by atoms with van der Waals surface area (Å²) >= 11 is 3.09. The van der Waals surface area contributed by atoms with Crippen LogP contribution in [0.1, 0.15) is 29.1 Å². The van der Waals surface area contributed by atoms with Crippen molar-refractivity contribution in [1.82, 2.24) is 5.32 Å². The SMILES string of the molecule is COc1ccc(OC)c([C@H](C)NC(=O)COC(=O)c2ccc(Br)o2)c1. The van der Waals surface area contributed by atoms with Gasteiger partial charge in [0.2, 0.25) is 5.76 Å². The number of furan rings is 1. The number of esters is 1. The Morgan fingerprint density at radius 3 is 2.56 bits per heavy atom. The summed E-state index contributed by atoms with van der Waals surface area (Å²) in [6.45, 7) is 1.37. The predicted molar refractivity (Wildman–Crippen MR) is 92.8 cm³/mol. The zero-order valence-corrected chi connectivity index (χ0v) is 15.6. The number of benzene rings is 1. The highest BCUT2D eigenvalue weighted by Gasteiger charge is 2.18. The molecule has 7 nitrogen and oxygen atoms in total. The lowest BCUT2D eigenvalue weighted by Crippen LogP contribution is -2.31. The van der Waals surface area contributed by atoms with Crippen LogP contribution in [0.2, 0.25) is 0 Å². The van der Waals surface area contributed by atoms with Gasteiger partial charge in [0.15, 0.2) is 11.3 Å². The fourth-order valence-electron chi connectivity index (χ4n) is 2.16. The molecule has 0 unspecified atom stereocenters. The molecule has 0 saturated carbocycles. The van der Waals surface area contributed by atoms with Crippen LogP contribution in [0.5, 0.6) is 11.5 Å². The molecule has 134 valence electrons. The minimum atomic E-state index is -0.715. The first-order valence-corrected chi connectivity index (χ1v) is 8.17. The summed E-state index contributed by atoms with van der Waals surface area (Å²) in [4.78, 5) is 23.8. The molecule has 1 N–H and O–H groups in total. The van der Waals surface area contributed by atoms with E-state index in [9.17, 15) is 9.59 Å². The van der Waals surface area contributed by atoms with Gasteiger partial charge in [0.25, 0.3) is 5.91 Å². The Kier molecular flexibility index (Phi) is 6.46. The number of halogens is 1. The minimum Gasteiger partial charge on any atom is -0.497 e. The molecule has 0 aliphatic carbocycles. The first-order valence-electron chi connectivity index (χ1n) is 7.38. The monoisotopic (exact) mass is 411 g/mol. The standard InChI is InChI=1S/C17H18BrNO6/c1-10(12-8-11(22-2)4-5-13(12)23-3)19-16(20)9-24-17(21)14-6-7-15(18)25-14/h4-8,10H,9H2,1-3H3,(H,19,20)/t10-/m0/s1. The molecule has 1 heterocycles. The number of carbonyl (C=O) groups is 2. The Morgan fingerprint density at radius 2 is 1.96 bits per heavy atom. The Bertz CT molecular complexity index is 757. The van der Waals surface area contributed by atoms with Crippen LogP contribution in [-0.2, 0) is 9.53 Å². The number of ether oxygens (including phenoxy) is 3. The maximum atomic E-state index is 12.0. The van der Waals surface area contributed by atoms with E-state index >= 15 is 0 Å². The maximum absolute atomic E-state index is 12.0. The van der Waals surface area contributed by atoms with E-state index in [0.717, 1.165) is 5.56 Å². The molecular weight excluding hydrogens is 394 g/mol. The fourth-order valence-corrected chi connectivity index (χ4v) is 2.47. The van der Waals surface area contributed by atoms with E-state index in [1.54, 1.807) is 45.4 Å².